The normalized spacial score (nSPS) is 17.4. The van der Waals surface area contributed by atoms with Crippen molar-refractivity contribution in [2.75, 3.05) is 7.11 Å². The maximum absolute atomic E-state index is 14.7. The van der Waals surface area contributed by atoms with Gasteiger partial charge in [-0.1, -0.05) is 12.1 Å². The van der Waals surface area contributed by atoms with Crippen LogP contribution in [0.4, 0.5) is 4.39 Å². The summed E-state index contributed by atoms with van der Waals surface area (Å²) < 4.78 is 21.6. The molecule has 0 saturated carbocycles. The first-order valence-corrected chi connectivity index (χ1v) is 9.83. The van der Waals surface area contributed by atoms with E-state index in [1.54, 1.807) is 29.5 Å². The van der Waals surface area contributed by atoms with Gasteiger partial charge in [-0.15, -0.1) is 21.5 Å². The number of ether oxygens (including phenoxy) is 1. The average molecular weight is 396 g/mol. The number of hydrogen-bond acceptors (Lipinski definition) is 6. The number of hydrogen-bond donors (Lipinski definition) is 0. The molecule has 1 aliphatic carbocycles. The van der Waals surface area contributed by atoms with Gasteiger partial charge in [0, 0.05) is 16.0 Å². The minimum absolute atomic E-state index is 0.205. The van der Waals surface area contributed by atoms with Crippen LogP contribution in [0.5, 0.6) is 0 Å². The molecular formula is C20H17FN4O2S. The Hall–Kier alpha value is -2.87. The molecule has 1 atom stereocenters. The number of benzene rings is 1. The summed E-state index contributed by atoms with van der Waals surface area (Å²) >= 11 is 1.61. The van der Waals surface area contributed by atoms with E-state index in [1.807, 2.05) is 11.5 Å². The van der Waals surface area contributed by atoms with Crippen molar-refractivity contribution in [2.24, 2.45) is 10.9 Å². The van der Waals surface area contributed by atoms with Crippen LogP contribution < -0.4 is 0 Å². The topological polar surface area (TPSA) is 69.4 Å². The van der Waals surface area contributed by atoms with Gasteiger partial charge in [-0.05, 0) is 37.5 Å². The number of methoxy groups -OCH3 is 1. The molecule has 0 amide bonds. The molecular weight excluding hydrogens is 379 g/mol. The third-order valence-corrected chi connectivity index (χ3v) is 6.57. The van der Waals surface area contributed by atoms with Crippen LogP contribution in [0.3, 0.4) is 0 Å². The van der Waals surface area contributed by atoms with Crippen molar-refractivity contribution < 1.29 is 13.9 Å². The Balaban J connectivity index is 1.74. The molecule has 0 radical (unpaired) electrons. The molecule has 2 aromatic heterocycles. The van der Waals surface area contributed by atoms with Gasteiger partial charge >= 0.3 is 5.97 Å². The predicted molar refractivity (Wildman–Crippen MR) is 103 cm³/mol. The van der Waals surface area contributed by atoms with Crippen LogP contribution in [0.15, 0.2) is 29.3 Å². The average Bonchev–Trinajstić information content (AvgIpc) is 3.33. The summed E-state index contributed by atoms with van der Waals surface area (Å²) in [7, 11) is 1.41. The SMILES string of the molecule is COC(=O)C1Cc2sc3c(c2C1)C(c1ccccc1F)=NCc1nnc(C)n1-3. The van der Waals surface area contributed by atoms with E-state index >= 15 is 0 Å². The molecule has 0 bridgehead atoms. The van der Waals surface area contributed by atoms with E-state index in [1.165, 1.54) is 13.2 Å². The molecule has 3 aromatic rings. The maximum atomic E-state index is 14.7. The van der Waals surface area contributed by atoms with Gasteiger partial charge in [-0.2, -0.15) is 0 Å². The highest BCUT2D eigenvalue weighted by Gasteiger charge is 2.37. The van der Waals surface area contributed by atoms with E-state index in [-0.39, 0.29) is 17.7 Å². The Morgan fingerprint density at radius 1 is 1.29 bits per heavy atom. The maximum Gasteiger partial charge on any atom is 0.309 e. The Bertz CT molecular complexity index is 1150. The summed E-state index contributed by atoms with van der Waals surface area (Å²) in [5.74, 6) is 0.767. The monoisotopic (exact) mass is 396 g/mol. The van der Waals surface area contributed by atoms with Crippen LogP contribution >= 0.6 is 11.3 Å². The summed E-state index contributed by atoms with van der Waals surface area (Å²) in [5, 5.41) is 9.39. The molecule has 142 valence electrons. The number of aryl methyl sites for hydroxylation is 1. The molecule has 28 heavy (non-hydrogen) atoms. The second-order valence-corrected chi connectivity index (χ2v) is 8.04. The number of aromatic nitrogens is 3. The second-order valence-electron chi connectivity index (χ2n) is 6.96. The minimum Gasteiger partial charge on any atom is -0.469 e. The number of rotatable bonds is 2. The van der Waals surface area contributed by atoms with Crippen LogP contribution in [-0.2, 0) is 28.9 Å². The van der Waals surface area contributed by atoms with Gasteiger partial charge in [0.2, 0.25) is 0 Å². The molecule has 3 heterocycles. The molecule has 5 rings (SSSR count). The van der Waals surface area contributed by atoms with Gasteiger partial charge < -0.3 is 4.74 Å². The number of carbonyl (C=O) groups excluding carboxylic acids is 1. The Labute approximate surface area is 164 Å². The summed E-state index contributed by atoms with van der Waals surface area (Å²) in [6.07, 6.45) is 1.19. The van der Waals surface area contributed by atoms with Crippen molar-refractivity contribution in [1.82, 2.24) is 14.8 Å². The quantitative estimate of drug-likeness (QED) is 0.625. The second kappa shape index (κ2) is 6.34. The fraction of sp³-hybridized carbons (Fsp3) is 0.300. The van der Waals surface area contributed by atoms with Crippen LogP contribution in [0.2, 0.25) is 0 Å². The molecule has 0 fully saturated rings. The number of fused-ring (bicyclic) bond motifs is 5. The first-order chi connectivity index (χ1) is 13.6. The van der Waals surface area contributed by atoms with Gasteiger partial charge in [0.1, 0.15) is 23.2 Å². The van der Waals surface area contributed by atoms with Crippen LogP contribution in [-0.4, -0.2) is 33.6 Å². The van der Waals surface area contributed by atoms with Crippen molar-refractivity contribution in [3.63, 3.8) is 0 Å². The fourth-order valence-electron chi connectivity index (χ4n) is 4.03. The van der Waals surface area contributed by atoms with E-state index in [9.17, 15) is 9.18 Å². The standard InChI is InChI=1S/C20H17FN4O2S/c1-10-23-24-16-9-22-18(12-5-3-4-6-14(12)21)17-13-7-11(20(26)27-2)8-15(13)28-19(17)25(10)16/h3-6,11H,7-9H2,1-2H3. The summed E-state index contributed by atoms with van der Waals surface area (Å²) in [6, 6.07) is 6.66. The Morgan fingerprint density at radius 2 is 2.11 bits per heavy atom. The molecule has 0 saturated heterocycles. The molecule has 1 unspecified atom stereocenters. The van der Waals surface area contributed by atoms with Gasteiger partial charge in [-0.25, -0.2) is 4.39 Å². The van der Waals surface area contributed by atoms with Crippen molar-refractivity contribution in [1.29, 1.82) is 0 Å². The van der Waals surface area contributed by atoms with Gasteiger partial charge in [0.15, 0.2) is 5.82 Å². The number of carbonyl (C=O) groups is 1. The smallest absolute Gasteiger partial charge is 0.309 e. The van der Waals surface area contributed by atoms with Gasteiger partial charge in [-0.3, -0.25) is 14.4 Å². The number of nitrogens with zero attached hydrogens (tertiary/aromatic N) is 4. The Kier molecular flexibility index (Phi) is 3.90. The molecule has 1 aliphatic heterocycles. The van der Waals surface area contributed by atoms with E-state index in [0.717, 1.165) is 32.7 Å². The van der Waals surface area contributed by atoms with Crippen LogP contribution in [0, 0.1) is 18.7 Å². The summed E-state index contributed by atoms with van der Waals surface area (Å²) in [6.45, 7) is 2.22. The molecule has 8 heteroatoms. The lowest BCUT2D eigenvalue weighted by Gasteiger charge is -2.12. The van der Waals surface area contributed by atoms with E-state index in [4.69, 9.17) is 9.73 Å². The molecule has 0 spiro atoms. The highest BCUT2D eigenvalue weighted by Crippen LogP contribution is 2.43. The van der Waals surface area contributed by atoms with E-state index in [0.29, 0.717) is 30.7 Å². The fourth-order valence-corrected chi connectivity index (χ4v) is 5.51. The zero-order valence-electron chi connectivity index (χ0n) is 15.4. The van der Waals surface area contributed by atoms with Gasteiger partial charge in [0.25, 0.3) is 0 Å². The first-order valence-electron chi connectivity index (χ1n) is 9.01. The number of halogens is 1. The van der Waals surface area contributed by atoms with E-state index in [2.05, 4.69) is 10.2 Å². The van der Waals surface area contributed by atoms with Crippen molar-refractivity contribution in [3.8, 4) is 5.00 Å². The first kappa shape index (κ1) is 17.2. The van der Waals surface area contributed by atoms with Crippen molar-refractivity contribution in [3.05, 3.63) is 63.3 Å². The lowest BCUT2D eigenvalue weighted by atomic mass is 9.97. The predicted octanol–water partition coefficient (Wildman–Crippen LogP) is 3.02. The number of esters is 1. The molecule has 1 aromatic carbocycles. The summed E-state index contributed by atoms with van der Waals surface area (Å²) in [4.78, 5) is 18.0. The zero-order valence-corrected chi connectivity index (χ0v) is 16.2. The molecule has 6 nitrogen and oxygen atoms in total. The van der Waals surface area contributed by atoms with Crippen molar-refractivity contribution in [2.45, 2.75) is 26.3 Å². The summed E-state index contributed by atoms with van der Waals surface area (Å²) in [5.41, 5.74) is 3.01. The molecule has 2 aliphatic rings. The third-order valence-electron chi connectivity index (χ3n) is 5.33. The lowest BCUT2D eigenvalue weighted by Crippen LogP contribution is -2.17. The highest BCUT2D eigenvalue weighted by atomic mass is 32.1. The van der Waals surface area contributed by atoms with E-state index < -0.39 is 0 Å². The van der Waals surface area contributed by atoms with Gasteiger partial charge in [0.05, 0.1) is 18.7 Å². The largest absolute Gasteiger partial charge is 0.469 e. The minimum atomic E-state index is -0.316. The Morgan fingerprint density at radius 3 is 2.89 bits per heavy atom. The van der Waals surface area contributed by atoms with Crippen LogP contribution in [0.1, 0.15) is 33.2 Å². The number of aliphatic imine (C=N–C) groups is 1. The van der Waals surface area contributed by atoms with Crippen molar-refractivity contribution >= 4 is 23.0 Å². The zero-order chi connectivity index (χ0) is 19.4. The molecule has 0 N–H and O–H groups in total. The van der Waals surface area contributed by atoms with Crippen LogP contribution in [0.25, 0.3) is 5.00 Å². The highest BCUT2D eigenvalue weighted by molar-refractivity contribution is 7.15. The lowest BCUT2D eigenvalue weighted by molar-refractivity contribution is -0.145. The number of thiophene rings is 1. The third kappa shape index (κ3) is 2.44.